The summed E-state index contributed by atoms with van der Waals surface area (Å²) < 4.78 is 21.7. The largest absolute Gasteiger partial charge is 0.493 e. The number of rotatable bonds is 7. The molecule has 8 nitrogen and oxygen atoms in total. The summed E-state index contributed by atoms with van der Waals surface area (Å²) in [6.45, 7) is 2.48. The molecule has 0 fully saturated rings. The van der Waals surface area contributed by atoms with Crippen LogP contribution in [0.1, 0.15) is 12.8 Å². The highest BCUT2D eigenvalue weighted by molar-refractivity contribution is 7.98. The van der Waals surface area contributed by atoms with E-state index in [0.717, 1.165) is 5.56 Å². The van der Waals surface area contributed by atoms with Crippen LogP contribution in [0.3, 0.4) is 0 Å². The molecule has 26 heavy (non-hydrogen) atoms. The first-order valence-electron chi connectivity index (χ1n) is 7.88. The Morgan fingerprint density at radius 2 is 2.04 bits per heavy atom. The zero-order valence-corrected chi connectivity index (χ0v) is 14.6. The van der Waals surface area contributed by atoms with Gasteiger partial charge in [-0.2, -0.15) is 4.98 Å². The van der Waals surface area contributed by atoms with Crippen LogP contribution in [0.15, 0.2) is 61.2 Å². The Labute approximate surface area is 152 Å². The van der Waals surface area contributed by atoms with Crippen LogP contribution in [-0.2, 0) is 5.75 Å². The monoisotopic (exact) mass is 370 g/mol. The molecule has 4 rings (SSSR count). The number of aromatic nitrogens is 4. The predicted molar refractivity (Wildman–Crippen MR) is 92.5 cm³/mol. The van der Waals surface area contributed by atoms with E-state index < -0.39 is 0 Å². The van der Waals surface area contributed by atoms with E-state index in [1.807, 2.05) is 31.2 Å². The topological polar surface area (TPSA) is 100 Å². The molecule has 0 aliphatic carbocycles. The summed E-state index contributed by atoms with van der Waals surface area (Å²) in [6, 6.07) is 11.1. The Balaban J connectivity index is 1.45. The number of hydrogen-bond acceptors (Lipinski definition) is 9. The van der Waals surface area contributed by atoms with Crippen LogP contribution in [-0.4, -0.2) is 26.9 Å². The fraction of sp³-hybridized carbons (Fsp3) is 0.176. The van der Waals surface area contributed by atoms with E-state index in [9.17, 15) is 0 Å². The number of hydrogen-bond donors (Lipinski definition) is 0. The number of furan rings is 1. The number of para-hydroxylation sites is 1. The zero-order valence-electron chi connectivity index (χ0n) is 13.8. The number of nitrogens with zero attached hydrogens (tertiary/aromatic N) is 4. The van der Waals surface area contributed by atoms with Gasteiger partial charge >= 0.3 is 0 Å². The van der Waals surface area contributed by atoms with E-state index in [1.165, 1.54) is 11.8 Å². The average Bonchev–Trinajstić information content (AvgIpc) is 3.41. The maximum absolute atomic E-state index is 5.71. The van der Waals surface area contributed by atoms with Gasteiger partial charge in [0.15, 0.2) is 5.76 Å². The minimum Gasteiger partial charge on any atom is -0.493 e. The molecule has 0 saturated carbocycles. The van der Waals surface area contributed by atoms with Gasteiger partial charge in [-0.1, -0.05) is 29.1 Å². The maximum Gasteiger partial charge on any atom is 0.277 e. The first-order chi connectivity index (χ1) is 12.8. The Morgan fingerprint density at radius 1 is 1.12 bits per heavy atom. The Hall–Kier alpha value is -3.07. The Bertz CT molecular complexity index is 980. The molecule has 132 valence electrons. The summed E-state index contributed by atoms with van der Waals surface area (Å²) in [5.74, 6) is 2.91. The van der Waals surface area contributed by atoms with Gasteiger partial charge in [0.25, 0.3) is 11.1 Å². The molecule has 0 N–H and O–H groups in total. The van der Waals surface area contributed by atoms with E-state index >= 15 is 0 Å². The molecule has 0 bridgehead atoms. The molecule has 0 aliphatic heterocycles. The van der Waals surface area contributed by atoms with Gasteiger partial charge in [-0.3, -0.25) is 0 Å². The summed E-state index contributed by atoms with van der Waals surface area (Å²) >= 11 is 1.31. The van der Waals surface area contributed by atoms with E-state index in [0.29, 0.717) is 46.7 Å². The summed E-state index contributed by atoms with van der Waals surface area (Å²) in [5.41, 5.74) is 0.756. The molecule has 3 aromatic heterocycles. The van der Waals surface area contributed by atoms with Crippen molar-refractivity contribution in [2.24, 2.45) is 0 Å². The highest BCUT2D eigenvalue weighted by Gasteiger charge is 2.16. The third-order valence-corrected chi connectivity index (χ3v) is 4.16. The van der Waals surface area contributed by atoms with E-state index in [4.69, 9.17) is 18.1 Å². The molecule has 3 heterocycles. The molecular formula is C17H14N4O4S. The lowest BCUT2D eigenvalue weighted by Crippen LogP contribution is -1.93. The molecular weight excluding hydrogens is 356 g/mol. The van der Waals surface area contributed by atoms with Crippen LogP contribution in [0, 0.1) is 0 Å². The van der Waals surface area contributed by atoms with Gasteiger partial charge in [0.1, 0.15) is 5.75 Å². The lowest BCUT2D eigenvalue weighted by atomic mass is 10.2. The van der Waals surface area contributed by atoms with Crippen molar-refractivity contribution in [1.29, 1.82) is 0 Å². The van der Waals surface area contributed by atoms with Crippen LogP contribution in [0.5, 0.6) is 5.75 Å². The molecule has 0 atom stereocenters. The van der Waals surface area contributed by atoms with Crippen LogP contribution in [0.2, 0.25) is 0 Å². The second-order valence-corrected chi connectivity index (χ2v) is 6.01. The third kappa shape index (κ3) is 3.47. The van der Waals surface area contributed by atoms with Gasteiger partial charge in [-0.15, -0.1) is 10.2 Å². The molecule has 0 spiro atoms. The standard InChI is InChI=1S/C17H14N4O4S/c1-2-22-12-7-4-3-6-11(12)16-19-20-17(24-16)26-10-14-18-15(21-25-14)13-8-5-9-23-13/h3-9H,2,10H2,1H3. The SMILES string of the molecule is CCOc1ccccc1-c1nnc(SCc2nc(-c3ccco3)no2)o1. The van der Waals surface area contributed by atoms with Crippen LogP contribution < -0.4 is 4.74 Å². The number of ether oxygens (including phenoxy) is 1. The fourth-order valence-electron chi connectivity index (χ4n) is 2.24. The lowest BCUT2D eigenvalue weighted by molar-refractivity contribution is 0.340. The van der Waals surface area contributed by atoms with Crippen molar-refractivity contribution < 1.29 is 18.1 Å². The normalized spacial score (nSPS) is 11.0. The smallest absolute Gasteiger partial charge is 0.277 e. The molecule has 1 aromatic carbocycles. The second kappa shape index (κ2) is 7.44. The van der Waals surface area contributed by atoms with E-state index in [2.05, 4.69) is 20.3 Å². The number of thioether (sulfide) groups is 1. The van der Waals surface area contributed by atoms with Crippen LogP contribution in [0.25, 0.3) is 23.0 Å². The highest BCUT2D eigenvalue weighted by Crippen LogP contribution is 2.31. The maximum atomic E-state index is 5.71. The van der Waals surface area contributed by atoms with Gasteiger partial charge in [-0.05, 0) is 31.2 Å². The fourth-order valence-corrected chi connectivity index (χ4v) is 2.85. The minimum absolute atomic E-state index is 0.401. The summed E-state index contributed by atoms with van der Waals surface area (Å²) in [6.07, 6.45) is 1.56. The first-order valence-corrected chi connectivity index (χ1v) is 8.87. The Morgan fingerprint density at radius 3 is 2.88 bits per heavy atom. The molecule has 0 saturated heterocycles. The predicted octanol–water partition coefficient (Wildman–Crippen LogP) is 4.07. The van der Waals surface area contributed by atoms with Gasteiger partial charge in [0.05, 0.1) is 24.2 Å². The van der Waals surface area contributed by atoms with Crippen molar-refractivity contribution in [1.82, 2.24) is 20.3 Å². The van der Waals surface area contributed by atoms with Gasteiger partial charge in [0, 0.05) is 0 Å². The highest BCUT2D eigenvalue weighted by atomic mass is 32.2. The molecule has 4 aromatic rings. The number of benzene rings is 1. The lowest BCUT2D eigenvalue weighted by Gasteiger charge is -2.05. The van der Waals surface area contributed by atoms with Gasteiger partial charge in [-0.25, -0.2) is 0 Å². The molecule has 0 unspecified atom stereocenters. The summed E-state index contributed by atoms with van der Waals surface area (Å²) in [7, 11) is 0. The van der Waals surface area contributed by atoms with Crippen molar-refractivity contribution in [3.05, 3.63) is 48.6 Å². The van der Waals surface area contributed by atoms with E-state index in [1.54, 1.807) is 18.4 Å². The van der Waals surface area contributed by atoms with Crippen molar-refractivity contribution >= 4 is 11.8 Å². The Kier molecular flexibility index (Phi) is 4.69. The third-order valence-electron chi connectivity index (χ3n) is 3.35. The average molecular weight is 370 g/mol. The van der Waals surface area contributed by atoms with Crippen LogP contribution >= 0.6 is 11.8 Å². The van der Waals surface area contributed by atoms with Gasteiger partial charge in [0.2, 0.25) is 11.7 Å². The summed E-state index contributed by atoms with van der Waals surface area (Å²) in [5, 5.41) is 12.4. The molecule has 0 amide bonds. The van der Waals surface area contributed by atoms with Gasteiger partial charge < -0.3 is 18.1 Å². The van der Waals surface area contributed by atoms with Crippen molar-refractivity contribution in [3.8, 4) is 28.8 Å². The van der Waals surface area contributed by atoms with Crippen molar-refractivity contribution in [2.75, 3.05) is 6.61 Å². The van der Waals surface area contributed by atoms with Crippen LogP contribution in [0.4, 0.5) is 0 Å². The first kappa shape index (κ1) is 16.4. The van der Waals surface area contributed by atoms with E-state index in [-0.39, 0.29) is 0 Å². The molecule has 9 heteroatoms. The minimum atomic E-state index is 0.401. The van der Waals surface area contributed by atoms with Crippen molar-refractivity contribution in [2.45, 2.75) is 17.9 Å². The summed E-state index contributed by atoms with van der Waals surface area (Å²) in [4.78, 5) is 4.27. The quantitative estimate of drug-likeness (QED) is 0.445. The zero-order chi connectivity index (χ0) is 17.8. The molecule has 0 aliphatic rings. The second-order valence-electron chi connectivity index (χ2n) is 5.08. The molecule has 0 radical (unpaired) electrons. The van der Waals surface area contributed by atoms with Crippen molar-refractivity contribution in [3.63, 3.8) is 0 Å².